The minimum Gasteiger partial charge on any atom is -0.356 e. The Morgan fingerprint density at radius 3 is 2.21 bits per heavy atom. The summed E-state index contributed by atoms with van der Waals surface area (Å²) in [6.07, 6.45) is 4.08. The van der Waals surface area contributed by atoms with Gasteiger partial charge in [0.1, 0.15) is 11.6 Å². The van der Waals surface area contributed by atoms with Gasteiger partial charge in [-0.1, -0.05) is 6.07 Å². The third-order valence-electron chi connectivity index (χ3n) is 5.44. The van der Waals surface area contributed by atoms with E-state index in [1.54, 1.807) is 20.8 Å². The van der Waals surface area contributed by atoms with E-state index in [0.717, 1.165) is 0 Å². The highest BCUT2D eigenvalue weighted by Gasteiger charge is 2.33. The van der Waals surface area contributed by atoms with Crippen LogP contribution in [0.4, 0.5) is 8.78 Å². The number of hydrogen-bond donors (Lipinski definition) is 2. The maximum absolute atomic E-state index is 13.6. The van der Waals surface area contributed by atoms with Crippen molar-refractivity contribution >= 4 is 15.9 Å². The highest BCUT2D eigenvalue weighted by molar-refractivity contribution is 7.90. The first-order chi connectivity index (χ1) is 13.5. The van der Waals surface area contributed by atoms with Crippen LogP contribution in [0.2, 0.25) is 0 Å². The molecule has 0 aliphatic heterocycles. The van der Waals surface area contributed by atoms with Gasteiger partial charge in [-0.3, -0.25) is 4.79 Å². The van der Waals surface area contributed by atoms with E-state index in [2.05, 4.69) is 10.0 Å². The van der Waals surface area contributed by atoms with Gasteiger partial charge in [0.2, 0.25) is 15.9 Å². The Bertz CT molecular complexity index is 778. The van der Waals surface area contributed by atoms with Crippen LogP contribution in [0.25, 0.3) is 0 Å². The molecule has 0 aromatic heterocycles. The number of rotatable bonds is 8. The summed E-state index contributed by atoms with van der Waals surface area (Å²) >= 11 is 0. The molecule has 0 radical (unpaired) electrons. The second-order valence-corrected chi connectivity index (χ2v) is 11.2. The van der Waals surface area contributed by atoms with Gasteiger partial charge >= 0.3 is 0 Å². The van der Waals surface area contributed by atoms with Crippen LogP contribution in [0.5, 0.6) is 0 Å². The van der Waals surface area contributed by atoms with Crippen LogP contribution < -0.4 is 10.0 Å². The first-order valence-corrected chi connectivity index (χ1v) is 11.7. The van der Waals surface area contributed by atoms with Crippen LogP contribution in [-0.2, 0) is 21.2 Å². The third-order valence-corrected chi connectivity index (χ3v) is 7.70. The van der Waals surface area contributed by atoms with Crippen LogP contribution in [0.15, 0.2) is 18.2 Å². The molecule has 164 valence electrons. The molecule has 8 heteroatoms. The molecule has 1 aliphatic rings. The molecule has 0 atom stereocenters. The number of sulfonamides is 1. The summed E-state index contributed by atoms with van der Waals surface area (Å²) in [4.78, 5) is 12.3. The summed E-state index contributed by atoms with van der Waals surface area (Å²) in [6, 6.07) is 3.71. The zero-order valence-electron chi connectivity index (χ0n) is 17.4. The summed E-state index contributed by atoms with van der Waals surface area (Å²) in [5.41, 5.74) is 0.0925. The van der Waals surface area contributed by atoms with E-state index in [-0.39, 0.29) is 23.4 Å². The molecule has 5 nitrogen and oxygen atoms in total. The van der Waals surface area contributed by atoms with Crippen molar-refractivity contribution in [3.63, 3.8) is 0 Å². The van der Waals surface area contributed by atoms with Gasteiger partial charge in [-0.05, 0) is 77.8 Å². The van der Waals surface area contributed by atoms with E-state index < -0.39 is 26.4 Å². The van der Waals surface area contributed by atoms with E-state index in [4.69, 9.17) is 0 Å². The lowest BCUT2D eigenvalue weighted by atomic mass is 9.86. The molecule has 2 N–H and O–H groups in total. The van der Waals surface area contributed by atoms with E-state index in [0.29, 0.717) is 51.5 Å². The van der Waals surface area contributed by atoms with Crippen LogP contribution in [0, 0.1) is 17.6 Å². The fraction of sp³-hybridized carbons (Fsp3) is 0.667. The molecule has 1 aromatic rings. The lowest BCUT2D eigenvalue weighted by Crippen LogP contribution is -2.46. The molecular weight excluding hydrogens is 398 g/mol. The lowest BCUT2D eigenvalue weighted by molar-refractivity contribution is -0.126. The van der Waals surface area contributed by atoms with Gasteiger partial charge < -0.3 is 5.32 Å². The monoisotopic (exact) mass is 430 g/mol. The van der Waals surface area contributed by atoms with Crippen molar-refractivity contribution in [1.82, 2.24) is 10.0 Å². The molecule has 1 aliphatic carbocycles. The SMILES string of the molecule is CC(C)(C)S(=O)(=O)NC1CCC(C(=O)NCCCCc2c(F)cccc2F)CC1. The standard InChI is InChI=1S/C21H32F2N2O3S/c1-21(2,3)29(27,28)25-16-12-10-15(11-13-16)20(26)24-14-5-4-7-17-18(22)8-6-9-19(17)23/h6,8-9,15-16,25H,4-5,7,10-14H2,1-3H3,(H,24,26). The first-order valence-electron chi connectivity index (χ1n) is 10.2. The number of nitrogens with one attached hydrogen (secondary N) is 2. The summed E-state index contributed by atoms with van der Waals surface area (Å²) in [6.45, 7) is 5.45. The van der Waals surface area contributed by atoms with Gasteiger partial charge in [0, 0.05) is 24.1 Å². The number of carbonyl (C=O) groups excluding carboxylic acids is 1. The van der Waals surface area contributed by atoms with Crippen molar-refractivity contribution in [2.24, 2.45) is 5.92 Å². The predicted octanol–water partition coefficient (Wildman–Crippen LogP) is 3.68. The Balaban J connectivity index is 1.67. The second-order valence-electron chi connectivity index (χ2n) is 8.73. The van der Waals surface area contributed by atoms with Gasteiger partial charge in [-0.25, -0.2) is 21.9 Å². The fourth-order valence-corrected chi connectivity index (χ4v) is 4.45. The average molecular weight is 431 g/mol. The molecule has 2 rings (SSSR count). The number of benzene rings is 1. The second kappa shape index (κ2) is 9.98. The highest BCUT2D eigenvalue weighted by atomic mass is 32.2. The van der Waals surface area contributed by atoms with Gasteiger partial charge in [0.25, 0.3) is 0 Å². The zero-order valence-corrected chi connectivity index (χ0v) is 18.2. The van der Waals surface area contributed by atoms with Crippen molar-refractivity contribution in [2.75, 3.05) is 6.54 Å². The number of halogens is 2. The lowest BCUT2D eigenvalue weighted by Gasteiger charge is -2.30. The molecule has 1 saturated carbocycles. The smallest absolute Gasteiger partial charge is 0.223 e. The molecule has 0 saturated heterocycles. The van der Waals surface area contributed by atoms with Crippen LogP contribution >= 0.6 is 0 Å². The highest BCUT2D eigenvalue weighted by Crippen LogP contribution is 2.26. The number of carbonyl (C=O) groups is 1. The molecule has 0 heterocycles. The first kappa shape index (κ1) is 23.7. The Hall–Kier alpha value is -1.54. The molecule has 29 heavy (non-hydrogen) atoms. The molecule has 0 spiro atoms. The summed E-state index contributed by atoms with van der Waals surface area (Å²) < 4.78 is 53.6. The molecular formula is C21H32F2N2O3S. The maximum atomic E-state index is 13.6. The van der Waals surface area contributed by atoms with Crippen molar-refractivity contribution < 1.29 is 22.0 Å². The minimum absolute atomic E-state index is 0.0285. The molecule has 1 aromatic carbocycles. The zero-order chi connectivity index (χ0) is 21.7. The average Bonchev–Trinajstić information content (AvgIpc) is 2.62. The van der Waals surface area contributed by atoms with E-state index >= 15 is 0 Å². The Kier molecular flexibility index (Phi) is 8.17. The van der Waals surface area contributed by atoms with Gasteiger partial charge in [0.05, 0.1) is 4.75 Å². The normalized spacial score (nSPS) is 20.4. The van der Waals surface area contributed by atoms with Crippen LogP contribution in [-0.4, -0.2) is 31.7 Å². The minimum atomic E-state index is -3.39. The van der Waals surface area contributed by atoms with Crippen LogP contribution in [0.1, 0.15) is 64.9 Å². The summed E-state index contributed by atoms with van der Waals surface area (Å²) in [7, 11) is -3.39. The largest absolute Gasteiger partial charge is 0.356 e. The number of hydrogen-bond acceptors (Lipinski definition) is 3. The van der Waals surface area contributed by atoms with E-state index in [1.165, 1.54) is 18.2 Å². The molecule has 0 unspecified atom stereocenters. The molecule has 0 bridgehead atoms. The van der Waals surface area contributed by atoms with Gasteiger partial charge in [-0.15, -0.1) is 0 Å². The topological polar surface area (TPSA) is 75.3 Å². The van der Waals surface area contributed by atoms with E-state index in [1.807, 2.05) is 0 Å². The number of amides is 1. The predicted molar refractivity (Wildman–Crippen MR) is 110 cm³/mol. The van der Waals surface area contributed by atoms with Crippen molar-refractivity contribution in [2.45, 2.75) is 76.5 Å². The van der Waals surface area contributed by atoms with Crippen molar-refractivity contribution in [3.05, 3.63) is 35.4 Å². The van der Waals surface area contributed by atoms with Gasteiger partial charge in [0.15, 0.2) is 0 Å². The quantitative estimate of drug-likeness (QED) is 0.618. The van der Waals surface area contributed by atoms with Gasteiger partial charge in [-0.2, -0.15) is 0 Å². The number of unbranched alkanes of at least 4 members (excludes halogenated alkanes) is 1. The Morgan fingerprint density at radius 1 is 1.07 bits per heavy atom. The van der Waals surface area contributed by atoms with Crippen molar-refractivity contribution in [1.29, 1.82) is 0 Å². The Labute approximate surface area is 172 Å². The summed E-state index contributed by atoms with van der Waals surface area (Å²) in [5.74, 6) is -1.21. The van der Waals surface area contributed by atoms with Crippen LogP contribution in [0.3, 0.4) is 0 Å². The summed E-state index contributed by atoms with van der Waals surface area (Å²) in [5, 5.41) is 2.89. The van der Waals surface area contributed by atoms with E-state index in [9.17, 15) is 22.0 Å². The fourth-order valence-electron chi connectivity index (χ4n) is 3.42. The Morgan fingerprint density at radius 2 is 1.66 bits per heavy atom. The molecule has 1 amide bonds. The maximum Gasteiger partial charge on any atom is 0.223 e. The third kappa shape index (κ3) is 6.74. The van der Waals surface area contributed by atoms with Crippen molar-refractivity contribution in [3.8, 4) is 0 Å². The molecule has 1 fully saturated rings.